The number of benzene rings is 2. The van der Waals surface area contributed by atoms with Gasteiger partial charge in [-0.15, -0.1) is 0 Å². The fourth-order valence-corrected chi connectivity index (χ4v) is 3.24. The molecule has 0 radical (unpaired) electrons. The van der Waals surface area contributed by atoms with Gasteiger partial charge in [0, 0.05) is 16.6 Å². The Balaban J connectivity index is 2.17. The van der Waals surface area contributed by atoms with Crippen molar-refractivity contribution in [3.63, 3.8) is 0 Å². The Morgan fingerprint density at radius 3 is 2.10 bits per heavy atom. The van der Waals surface area contributed by atoms with Gasteiger partial charge >= 0.3 is 0 Å². The SMILES string of the molecule is Cc1ccc(CNS(=O)(=O)c2ccc(C)c(Cl)c2)cc1Cl. The Morgan fingerprint density at radius 2 is 1.52 bits per heavy atom. The minimum atomic E-state index is -3.60. The Hall–Kier alpha value is -1.07. The quantitative estimate of drug-likeness (QED) is 0.908. The van der Waals surface area contributed by atoms with Gasteiger partial charge in [0.1, 0.15) is 0 Å². The van der Waals surface area contributed by atoms with Gasteiger partial charge in [-0.25, -0.2) is 13.1 Å². The first-order valence-corrected chi connectivity index (χ1v) is 8.54. The molecule has 0 aliphatic rings. The van der Waals surface area contributed by atoms with Crippen molar-refractivity contribution in [2.24, 2.45) is 0 Å². The zero-order valence-electron chi connectivity index (χ0n) is 11.7. The van der Waals surface area contributed by atoms with E-state index in [-0.39, 0.29) is 11.4 Å². The molecule has 6 heteroatoms. The molecule has 0 spiro atoms. The van der Waals surface area contributed by atoms with Gasteiger partial charge in [-0.2, -0.15) is 0 Å². The Morgan fingerprint density at radius 1 is 0.952 bits per heavy atom. The maximum atomic E-state index is 12.2. The van der Waals surface area contributed by atoms with Crippen LogP contribution in [0.15, 0.2) is 41.3 Å². The van der Waals surface area contributed by atoms with Gasteiger partial charge in [0.05, 0.1) is 4.90 Å². The highest BCUT2D eigenvalue weighted by molar-refractivity contribution is 7.89. The average Bonchev–Trinajstić information content (AvgIpc) is 2.43. The average molecular weight is 344 g/mol. The van der Waals surface area contributed by atoms with Crippen LogP contribution in [0.3, 0.4) is 0 Å². The third-order valence-corrected chi connectivity index (χ3v) is 5.37. The molecule has 0 saturated heterocycles. The largest absolute Gasteiger partial charge is 0.240 e. The van der Waals surface area contributed by atoms with Gasteiger partial charge in [-0.3, -0.25) is 0 Å². The molecular weight excluding hydrogens is 329 g/mol. The molecule has 0 unspecified atom stereocenters. The third kappa shape index (κ3) is 3.98. The monoisotopic (exact) mass is 343 g/mol. The van der Waals surface area contributed by atoms with Crippen LogP contribution in [0.25, 0.3) is 0 Å². The summed E-state index contributed by atoms with van der Waals surface area (Å²) >= 11 is 12.0. The van der Waals surface area contributed by atoms with E-state index >= 15 is 0 Å². The van der Waals surface area contributed by atoms with E-state index in [0.29, 0.717) is 10.0 Å². The predicted octanol–water partition coefficient (Wildman–Crippen LogP) is 4.09. The fourth-order valence-electron chi connectivity index (χ4n) is 1.75. The molecule has 0 amide bonds. The molecule has 2 rings (SSSR count). The van der Waals surface area contributed by atoms with Crippen LogP contribution in [-0.2, 0) is 16.6 Å². The second kappa shape index (κ2) is 6.36. The van der Waals surface area contributed by atoms with Crippen LogP contribution < -0.4 is 4.72 Å². The summed E-state index contributed by atoms with van der Waals surface area (Å²) in [5.41, 5.74) is 2.59. The molecule has 1 N–H and O–H groups in total. The van der Waals surface area contributed by atoms with Crippen LogP contribution in [0.5, 0.6) is 0 Å². The highest BCUT2D eigenvalue weighted by Crippen LogP contribution is 2.21. The number of hydrogen-bond donors (Lipinski definition) is 1. The van der Waals surface area contributed by atoms with E-state index in [1.807, 2.05) is 26.0 Å². The van der Waals surface area contributed by atoms with E-state index in [4.69, 9.17) is 23.2 Å². The fraction of sp³-hybridized carbons (Fsp3) is 0.200. The van der Waals surface area contributed by atoms with E-state index in [1.165, 1.54) is 12.1 Å². The summed E-state index contributed by atoms with van der Waals surface area (Å²) in [6.07, 6.45) is 0. The van der Waals surface area contributed by atoms with Gasteiger partial charge in [0.25, 0.3) is 0 Å². The van der Waals surface area contributed by atoms with E-state index in [0.717, 1.165) is 16.7 Å². The first-order chi connectivity index (χ1) is 9.79. The van der Waals surface area contributed by atoms with Crippen LogP contribution in [0, 0.1) is 13.8 Å². The molecule has 0 aliphatic heterocycles. The number of hydrogen-bond acceptors (Lipinski definition) is 2. The van der Waals surface area contributed by atoms with E-state index in [9.17, 15) is 8.42 Å². The lowest BCUT2D eigenvalue weighted by Gasteiger charge is -2.09. The molecule has 3 nitrogen and oxygen atoms in total. The first-order valence-electron chi connectivity index (χ1n) is 6.30. The number of aryl methyl sites for hydroxylation is 2. The number of rotatable bonds is 4. The summed E-state index contributed by atoms with van der Waals surface area (Å²) in [6, 6.07) is 10.1. The van der Waals surface area contributed by atoms with Gasteiger partial charge < -0.3 is 0 Å². The lowest BCUT2D eigenvalue weighted by molar-refractivity contribution is 0.581. The highest BCUT2D eigenvalue weighted by Gasteiger charge is 2.15. The molecule has 0 aliphatic carbocycles. The standard InChI is InChI=1S/C15H15Cl2NO2S/c1-10-3-5-12(7-14(10)16)9-18-21(19,20)13-6-4-11(2)15(17)8-13/h3-8,18H,9H2,1-2H3. The van der Waals surface area contributed by atoms with Crippen molar-refractivity contribution in [2.45, 2.75) is 25.3 Å². The Bertz CT molecular complexity index is 773. The molecule has 21 heavy (non-hydrogen) atoms. The van der Waals surface area contributed by atoms with Crippen LogP contribution in [0.1, 0.15) is 16.7 Å². The molecule has 112 valence electrons. The molecule has 0 fully saturated rings. The van der Waals surface area contributed by atoms with Crippen molar-refractivity contribution in [3.05, 3.63) is 63.1 Å². The van der Waals surface area contributed by atoms with E-state index < -0.39 is 10.0 Å². The Labute approximate surface area is 135 Å². The molecule has 0 bridgehead atoms. The number of nitrogens with one attached hydrogen (secondary N) is 1. The summed E-state index contributed by atoms with van der Waals surface area (Å²) in [5.74, 6) is 0. The second-order valence-electron chi connectivity index (χ2n) is 4.82. The molecule has 0 aromatic heterocycles. The first kappa shape index (κ1) is 16.3. The van der Waals surface area contributed by atoms with E-state index in [2.05, 4.69) is 4.72 Å². The van der Waals surface area contributed by atoms with Gasteiger partial charge in [-0.1, -0.05) is 41.4 Å². The van der Waals surface area contributed by atoms with E-state index in [1.54, 1.807) is 12.1 Å². The van der Waals surface area contributed by atoms with Crippen LogP contribution in [0.4, 0.5) is 0 Å². The van der Waals surface area contributed by atoms with Gasteiger partial charge in [0.15, 0.2) is 0 Å². The van der Waals surface area contributed by atoms with Crippen molar-refractivity contribution < 1.29 is 8.42 Å². The zero-order valence-corrected chi connectivity index (χ0v) is 14.0. The lowest BCUT2D eigenvalue weighted by atomic mass is 10.1. The number of sulfonamides is 1. The van der Waals surface area contributed by atoms with Gasteiger partial charge in [0.2, 0.25) is 10.0 Å². The molecule has 2 aromatic rings. The van der Waals surface area contributed by atoms with Crippen LogP contribution >= 0.6 is 23.2 Å². The van der Waals surface area contributed by atoms with Crippen LogP contribution in [0.2, 0.25) is 10.0 Å². The predicted molar refractivity (Wildman–Crippen MR) is 86.4 cm³/mol. The maximum absolute atomic E-state index is 12.2. The minimum absolute atomic E-state index is 0.149. The smallest absolute Gasteiger partial charge is 0.207 e. The summed E-state index contributed by atoms with van der Waals surface area (Å²) in [7, 11) is -3.60. The minimum Gasteiger partial charge on any atom is -0.207 e. The van der Waals surface area contributed by atoms with Crippen molar-refractivity contribution in [1.82, 2.24) is 4.72 Å². The normalized spacial score (nSPS) is 11.6. The topological polar surface area (TPSA) is 46.2 Å². The van der Waals surface area contributed by atoms with Crippen molar-refractivity contribution in [1.29, 1.82) is 0 Å². The highest BCUT2D eigenvalue weighted by atomic mass is 35.5. The summed E-state index contributed by atoms with van der Waals surface area (Å²) < 4.78 is 27.0. The summed E-state index contributed by atoms with van der Waals surface area (Å²) in [6.45, 7) is 3.89. The zero-order chi connectivity index (χ0) is 15.6. The second-order valence-corrected chi connectivity index (χ2v) is 7.40. The van der Waals surface area contributed by atoms with Crippen LogP contribution in [-0.4, -0.2) is 8.42 Å². The summed E-state index contributed by atoms with van der Waals surface area (Å²) in [5, 5.41) is 1.04. The lowest BCUT2D eigenvalue weighted by Crippen LogP contribution is -2.23. The molecule has 2 aromatic carbocycles. The summed E-state index contributed by atoms with van der Waals surface area (Å²) in [4.78, 5) is 0.149. The maximum Gasteiger partial charge on any atom is 0.240 e. The molecule has 0 heterocycles. The Kier molecular flexibility index (Phi) is 4.94. The van der Waals surface area contributed by atoms with Crippen molar-refractivity contribution in [3.8, 4) is 0 Å². The molecule has 0 atom stereocenters. The number of halogens is 2. The van der Waals surface area contributed by atoms with Crippen molar-refractivity contribution in [2.75, 3.05) is 0 Å². The molecule has 0 saturated carbocycles. The molecular formula is C15H15Cl2NO2S. The van der Waals surface area contributed by atoms with Crippen molar-refractivity contribution >= 4 is 33.2 Å². The third-order valence-electron chi connectivity index (χ3n) is 3.16. The van der Waals surface area contributed by atoms with Gasteiger partial charge in [-0.05, 0) is 48.7 Å².